The number of hydrogen-bond acceptors (Lipinski definition) is 1. The first kappa shape index (κ1) is 9.42. The van der Waals surface area contributed by atoms with Crippen molar-refractivity contribution in [2.75, 3.05) is 6.61 Å². The highest BCUT2D eigenvalue weighted by atomic mass is 79.9. The predicted molar refractivity (Wildman–Crippen MR) is 50.2 cm³/mol. The third-order valence-corrected chi connectivity index (χ3v) is 2.00. The molecule has 0 aliphatic heterocycles. The number of hydrogen-bond donors (Lipinski definition) is 1. The first-order valence-electron chi connectivity index (χ1n) is 3.46. The molecular weight excluding hydrogens is 223 g/mol. The lowest BCUT2D eigenvalue weighted by atomic mass is 10.2. The minimum Gasteiger partial charge on any atom is -0.392 e. The molecule has 0 unspecified atom stereocenters. The highest BCUT2D eigenvalue weighted by Gasteiger charge is 1.96. The average molecular weight is 231 g/mol. The van der Waals surface area contributed by atoms with Gasteiger partial charge in [0.1, 0.15) is 5.82 Å². The second kappa shape index (κ2) is 4.38. The van der Waals surface area contributed by atoms with E-state index in [1.54, 1.807) is 24.3 Å². The summed E-state index contributed by atoms with van der Waals surface area (Å²) in [6.07, 6.45) is 3.22. The molecule has 0 radical (unpaired) electrons. The molecule has 1 rings (SSSR count). The van der Waals surface area contributed by atoms with Gasteiger partial charge in [0.05, 0.1) is 11.1 Å². The van der Waals surface area contributed by atoms with Crippen LogP contribution in [0.3, 0.4) is 0 Å². The molecule has 0 fully saturated rings. The standard InChI is InChI=1S/C9H8BrFO/c10-8-4-3-7(2-1-5-12)6-9(8)11/h1-4,6,12H,5H2/b2-1+. The van der Waals surface area contributed by atoms with Crippen LogP contribution in [0, 0.1) is 5.82 Å². The van der Waals surface area contributed by atoms with Crippen molar-refractivity contribution in [1.82, 2.24) is 0 Å². The Balaban J connectivity index is 2.89. The molecule has 0 heterocycles. The smallest absolute Gasteiger partial charge is 0.137 e. The molecule has 0 aromatic heterocycles. The topological polar surface area (TPSA) is 20.2 Å². The fraction of sp³-hybridized carbons (Fsp3) is 0.111. The zero-order chi connectivity index (χ0) is 8.97. The molecule has 1 N–H and O–H groups in total. The van der Waals surface area contributed by atoms with Crippen LogP contribution in [0.4, 0.5) is 4.39 Å². The van der Waals surface area contributed by atoms with Crippen molar-refractivity contribution in [3.8, 4) is 0 Å². The number of aliphatic hydroxyl groups excluding tert-OH is 1. The Hall–Kier alpha value is -0.670. The van der Waals surface area contributed by atoms with Crippen molar-refractivity contribution in [3.05, 3.63) is 40.1 Å². The van der Waals surface area contributed by atoms with Gasteiger partial charge in [0.25, 0.3) is 0 Å². The van der Waals surface area contributed by atoms with E-state index in [2.05, 4.69) is 15.9 Å². The summed E-state index contributed by atoms with van der Waals surface area (Å²) in [5.41, 5.74) is 0.741. The molecule has 0 spiro atoms. The van der Waals surface area contributed by atoms with Gasteiger partial charge in [0.2, 0.25) is 0 Å². The molecule has 1 aromatic carbocycles. The van der Waals surface area contributed by atoms with Gasteiger partial charge in [-0.1, -0.05) is 18.2 Å². The van der Waals surface area contributed by atoms with Crippen molar-refractivity contribution >= 4 is 22.0 Å². The molecule has 1 nitrogen and oxygen atoms in total. The Morgan fingerprint density at radius 1 is 1.50 bits per heavy atom. The molecule has 0 saturated carbocycles. The summed E-state index contributed by atoms with van der Waals surface area (Å²) in [5.74, 6) is -0.296. The molecule has 0 aliphatic carbocycles. The molecule has 64 valence electrons. The van der Waals surface area contributed by atoms with Crippen LogP contribution in [0.5, 0.6) is 0 Å². The van der Waals surface area contributed by atoms with Gasteiger partial charge in [0, 0.05) is 0 Å². The third kappa shape index (κ3) is 2.43. The van der Waals surface area contributed by atoms with Crippen LogP contribution in [0.25, 0.3) is 6.08 Å². The summed E-state index contributed by atoms with van der Waals surface area (Å²) in [6, 6.07) is 4.79. The van der Waals surface area contributed by atoms with Crippen molar-refractivity contribution < 1.29 is 9.50 Å². The highest BCUT2D eigenvalue weighted by Crippen LogP contribution is 2.16. The second-order valence-corrected chi connectivity index (χ2v) is 3.11. The Morgan fingerprint density at radius 2 is 2.25 bits per heavy atom. The maximum atomic E-state index is 12.9. The van der Waals surface area contributed by atoms with Crippen LogP contribution in [0.2, 0.25) is 0 Å². The molecule has 1 aromatic rings. The quantitative estimate of drug-likeness (QED) is 0.829. The van der Waals surface area contributed by atoms with E-state index in [0.29, 0.717) is 4.47 Å². The summed E-state index contributed by atoms with van der Waals surface area (Å²) < 4.78 is 13.3. The van der Waals surface area contributed by atoms with Crippen LogP contribution in [-0.4, -0.2) is 11.7 Å². The van der Waals surface area contributed by atoms with Gasteiger partial charge in [-0.15, -0.1) is 0 Å². The van der Waals surface area contributed by atoms with Gasteiger partial charge in [-0.25, -0.2) is 4.39 Å². The number of rotatable bonds is 2. The number of benzene rings is 1. The third-order valence-electron chi connectivity index (χ3n) is 1.36. The van der Waals surface area contributed by atoms with Crippen LogP contribution in [0.15, 0.2) is 28.7 Å². The van der Waals surface area contributed by atoms with Gasteiger partial charge in [-0.2, -0.15) is 0 Å². The minimum absolute atomic E-state index is 0.0301. The largest absolute Gasteiger partial charge is 0.392 e. The summed E-state index contributed by atoms with van der Waals surface area (Å²) >= 11 is 3.05. The highest BCUT2D eigenvalue weighted by molar-refractivity contribution is 9.10. The van der Waals surface area contributed by atoms with Crippen LogP contribution in [-0.2, 0) is 0 Å². The summed E-state index contributed by atoms with van der Waals surface area (Å²) in [6.45, 7) is -0.0301. The van der Waals surface area contributed by atoms with E-state index in [1.807, 2.05) is 0 Å². The van der Waals surface area contributed by atoms with E-state index >= 15 is 0 Å². The zero-order valence-electron chi connectivity index (χ0n) is 6.30. The van der Waals surface area contributed by atoms with Gasteiger partial charge >= 0.3 is 0 Å². The fourth-order valence-corrected chi connectivity index (χ4v) is 1.05. The Kier molecular flexibility index (Phi) is 3.44. The first-order chi connectivity index (χ1) is 5.74. The maximum absolute atomic E-state index is 12.9. The van der Waals surface area contributed by atoms with E-state index in [9.17, 15) is 4.39 Å². The molecule has 0 saturated heterocycles. The molecule has 12 heavy (non-hydrogen) atoms. The monoisotopic (exact) mass is 230 g/mol. The Morgan fingerprint density at radius 3 is 2.83 bits per heavy atom. The summed E-state index contributed by atoms with van der Waals surface area (Å²) in [4.78, 5) is 0. The lowest BCUT2D eigenvalue weighted by Gasteiger charge is -1.95. The molecule has 0 bridgehead atoms. The molecule has 0 aliphatic rings. The van der Waals surface area contributed by atoms with E-state index in [1.165, 1.54) is 6.07 Å². The van der Waals surface area contributed by atoms with Crippen molar-refractivity contribution in [2.24, 2.45) is 0 Å². The summed E-state index contributed by atoms with van der Waals surface area (Å²) in [5, 5.41) is 8.46. The van der Waals surface area contributed by atoms with E-state index in [4.69, 9.17) is 5.11 Å². The molecule has 0 atom stereocenters. The molecule has 0 amide bonds. The molecular formula is C9H8BrFO. The SMILES string of the molecule is OC/C=C/c1ccc(Br)c(F)c1. The number of aliphatic hydroxyl groups is 1. The zero-order valence-corrected chi connectivity index (χ0v) is 7.88. The Labute approximate surface area is 78.7 Å². The average Bonchev–Trinajstić information content (AvgIpc) is 2.07. The summed E-state index contributed by atoms with van der Waals surface area (Å²) in [7, 11) is 0. The van der Waals surface area contributed by atoms with Crippen LogP contribution >= 0.6 is 15.9 Å². The maximum Gasteiger partial charge on any atom is 0.137 e. The lowest BCUT2D eigenvalue weighted by molar-refractivity contribution is 0.343. The van der Waals surface area contributed by atoms with E-state index in [-0.39, 0.29) is 12.4 Å². The number of halogens is 2. The van der Waals surface area contributed by atoms with Crippen molar-refractivity contribution in [1.29, 1.82) is 0 Å². The van der Waals surface area contributed by atoms with Crippen molar-refractivity contribution in [3.63, 3.8) is 0 Å². The van der Waals surface area contributed by atoms with Gasteiger partial charge < -0.3 is 5.11 Å². The lowest BCUT2D eigenvalue weighted by Crippen LogP contribution is -1.79. The van der Waals surface area contributed by atoms with E-state index in [0.717, 1.165) is 5.56 Å². The van der Waals surface area contributed by atoms with Gasteiger partial charge in [0.15, 0.2) is 0 Å². The molecule has 3 heteroatoms. The Bertz CT molecular complexity index is 297. The van der Waals surface area contributed by atoms with Crippen LogP contribution < -0.4 is 0 Å². The van der Waals surface area contributed by atoms with Crippen LogP contribution in [0.1, 0.15) is 5.56 Å². The minimum atomic E-state index is -0.296. The van der Waals surface area contributed by atoms with Crippen molar-refractivity contribution in [2.45, 2.75) is 0 Å². The van der Waals surface area contributed by atoms with Gasteiger partial charge in [-0.05, 0) is 33.6 Å². The van der Waals surface area contributed by atoms with E-state index < -0.39 is 0 Å². The fourth-order valence-electron chi connectivity index (χ4n) is 0.805. The first-order valence-corrected chi connectivity index (χ1v) is 4.26. The predicted octanol–water partition coefficient (Wildman–Crippen LogP) is 2.59. The normalized spacial score (nSPS) is 10.9. The second-order valence-electron chi connectivity index (χ2n) is 2.26. The van der Waals surface area contributed by atoms with Gasteiger partial charge in [-0.3, -0.25) is 0 Å².